The molecule has 0 bridgehead atoms. The predicted molar refractivity (Wildman–Crippen MR) is 280 cm³/mol. The van der Waals surface area contributed by atoms with Gasteiger partial charge in [0.15, 0.2) is 25.2 Å². The predicted octanol–water partition coefficient (Wildman–Crippen LogP) is 18.5. The second-order valence-electron chi connectivity index (χ2n) is 18.9. The van der Waals surface area contributed by atoms with Crippen LogP contribution >= 0.6 is 0 Å². The Morgan fingerprint density at radius 2 is 0.538 bits per heavy atom. The molecule has 0 aliphatic rings. The molecule has 0 aromatic carbocycles. The molecule has 0 aromatic rings. The van der Waals surface area contributed by atoms with Crippen LogP contribution in [0.2, 0.25) is 0 Å². The Morgan fingerprint density at radius 1 is 0.262 bits per heavy atom. The van der Waals surface area contributed by atoms with Crippen molar-refractivity contribution in [3.63, 3.8) is 0 Å². The summed E-state index contributed by atoms with van der Waals surface area (Å²) in [5.74, 6) is 0. The molecular weight excluding hydrogens is 809 g/mol. The summed E-state index contributed by atoms with van der Waals surface area (Å²) in [6.07, 6.45) is 55.0. The summed E-state index contributed by atoms with van der Waals surface area (Å²) in [4.78, 5) is 0. The highest BCUT2D eigenvalue weighted by Gasteiger charge is 2.14. The molecule has 0 fully saturated rings. The quantitative estimate of drug-likeness (QED) is 0.0342. The third kappa shape index (κ3) is 49.4. The normalized spacial score (nSPS) is 13.2. The van der Waals surface area contributed by atoms with E-state index in [1.54, 1.807) is 0 Å². The molecule has 0 aromatic heterocycles. The van der Waals surface area contributed by atoms with Crippen molar-refractivity contribution in [1.29, 1.82) is 0 Å². The molecule has 0 spiro atoms. The minimum atomic E-state index is -0.373. The van der Waals surface area contributed by atoms with Gasteiger partial charge in [-0.3, -0.25) is 0 Å². The Balaban J connectivity index is 4.78. The maximum absolute atomic E-state index is 6.59. The van der Waals surface area contributed by atoms with Crippen LogP contribution in [-0.2, 0) is 33.2 Å². The van der Waals surface area contributed by atoms with E-state index in [-0.39, 0.29) is 25.2 Å². The van der Waals surface area contributed by atoms with Gasteiger partial charge in [-0.25, -0.2) is 0 Å². The smallest absolute Gasteiger partial charge is 0.180 e. The van der Waals surface area contributed by atoms with Crippen molar-refractivity contribution >= 4 is 0 Å². The molecule has 7 nitrogen and oxygen atoms in total. The fourth-order valence-electron chi connectivity index (χ4n) is 8.04. The Bertz CT molecular complexity index is 840. The van der Waals surface area contributed by atoms with Crippen LogP contribution in [0.15, 0.2) is 24.3 Å². The SMILES string of the molecule is CCCCCCCCOC(C=CCCCCCCCCCCCC(OCCC)OCCC)OC(C=CCCCCCCCCCCCC(OCCC)OCCC)OCCCCCCCC. The van der Waals surface area contributed by atoms with Crippen LogP contribution in [-0.4, -0.2) is 64.8 Å². The first-order valence-corrected chi connectivity index (χ1v) is 28.8. The molecule has 0 aliphatic carbocycles. The van der Waals surface area contributed by atoms with Crippen LogP contribution in [0.5, 0.6) is 0 Å². The topological polar surface area (TPSA) is 64.6 Å². The lowest BCUT2D eigenvalue weighted by molar-refractivity contribution is -0.208. The van der Waals surface area contributed by atoms with Gasteiger partial charge in [-0.15, -0.1) is 0 Å². The number of hydrogen-bond acceptors (Lipinski definition) is 7. The van der Waals surface area contributed by atoms with Crippen molar-refractivity contribution in [3.8, 4) is 0 Å². The molecule has 388 valence electrons. The minimum absolute atomic E-state index is 0.00685. The minimum Gasteiger partial charge on any atom is -0.353 e. The number of unbranched alkanes of at least 4 members (excludes halogenated alkanes) is 28. The van der Waals surface area contributed by atoms with Crippen LogP contribution in [0.4, 0.5) is 0 Å². The second-order valence-corrected chi connectivity index (χ2v) is 18.9. The van der Waals surface area contributed by atoms with Crippen LogP contribution in [0.3, 0.4) is 0 Å². The molecule has 7 heteroatoms. The summed E-state index contributed by atoms with van der Waals surface area (Å²) in [5, 5.41) is 0. The number of allylic oxidation sites excluding steroid dienone is 2. The molecular formula is C58H114O7. The van der Waals surface area contributed by atoms with Gasteiger partial charge < -0.3 is 33.2 Å². The molecule has 0 N–H and O–H groups in total. The maximum atomic E-state index is 6.59. The Hall–Kier alpha value is -0.800. The van der Waals surface area contributed by atoms with Crippen molar-refractivity contribution < 1.29 is 33.2 Å². The van der Waals surface area contributed by atoms with Gasteiger partial charge in [-0.05, 0) is 102 Å². The summed E-state index contributed by atoms with van der Waals surface area (Å²) >= 11 is 0. The largest absolute Gasteiger partial charge is 0.353 e. The molecule has 0 rings (SSSR count). The van der Waals surface area contributed by atoms with E-state index in [1.165, 1.54) is 180 Å². The summed E-state index contributed by atoms with van der Waals surface area (Å²) in [7, 11) is 0. The zero-order valence-electron chi connectivity index (χ0n) is 44.6. The zero-order valence-corrected chi connectivity index (χ0v) is 44.6. The lowest BCUT2D eigenvalue weighted by Crippen LogP contribution is -2.25. The maximum Gasteiger partial charge on any atom is 0.180 e. The van der Waals surface area contributed by atoms with Gasteiger partial charge in [0.05, 0.1) is 13.2 Å². The number of hydrogen-bond donors (Lipinski definition) is 0. The molecule has 0 amide bonds. The highest BCUT2D eigenvalue weighted by molar-refractivity contribution is 4.90. The Morgan fingerprint density at radius 3 is 0.846 bits per heavy atom. The average molecular weight is 924 g/mol. The third-order valence-electron chi connectivity index (χ3n) is 12.1. The standard InChI is InChI=1S/C58H114O7/c1-7-13-15-17-37-43-53-63-57(47-41-35-31-27-23-19-21-25-29-33-39-45-55(59-49-9-3)60-50-10-4)65-58(64-54-44-38-18-16-14-8-2)48-42-36-32-28-24-20-22-26-30-34-40-46-56(61-51-11-5)62-52-12-6/h41-42,47-48,55-58H,7-40,43-46,49-54H2,1-6H3. The summed E-state index contributed by atoms with van der Waals surface area (Å²) in [5.41, 5.74) is 0. The summed E-state index contributed by atoms with van der Waals surface area (Å²) in [6.45, 7) is 17.9. The van der Waals surface area contributed by atoms with E-state index in [0.29, 0.717) is 0 Å². The molecule has 0 saturated heterocycles. The van der Waals surface area contributed by atoms with Gasteiger partial charge in [0.2, 0.25) is 0 Å². The molecule has 2 atom stereocenters. The lowest BCUT2D eigenvalue weighted by Gasteiger charge is -2.22. The first-order chi connectivity index (χ1) is 32.1. The van der Waals surface area contributed by atoms with Gasteiger partial charge in [-0.1, -0.05) is 208 Å². The van der Waals surface area contributed by atoms with Gasteiger partial charge >= 0.3 is 0 Å². The second kappa shape index (κ2) is 55.8. The zero-order chi connectivity index (χ0) is 47.2. The van der Waals surface area contributed by atoms with Crippen molar-refractivity contribution in [2.24, 2.45) is 0 Å². The molecule has 0 aliphatic heterocycles. The van der Waals surface area contributed by atoms with Crippen molar-refractivity contribution in [2.75, 3.05) is 39.6 Å². The molecule has 2 unspecified atom stereocenters. The highest BCUT2D eigenvalue weighted by Crippen LogP contribution is 2.18. The molecule has 0 radical (unpaired) electrons. The first-order valence-electron chi connectivity index (χ1n) is 28.8. The van der Waals surface area contributed by atoms with E-state index in [0.717, 1.165) is 104 Å². The summed E-state index contributed by atoms with van der Waals surface area (Å²) < 4.78 is 43.0. The van der Waals surface area contributed by atoms with E-state index < -0.39 is 0 Å². The van der Waals surface area contributed by atoms with E-state index >= 15 is 0 Å². The monoisotopic (exact) mass is 923 g/mol. The Labute approximate surface area is 406 Å². The van der Waals surface area contributed by atoms with Crippen molar-refractivity contribution in [1.82, 2.24) is 0 Å². The molecule has 0 saturated carbocycles. The van der Waals surface area contributed by atoms with Crippen molar-refractivity contribution in [3.05, 3.63) is 24.3 Å². The van der Waals surface area contributed by atoms with Crippen LogP contribution in [0, 0.1) is 0 Å². The molecule has 0 heterocycles. The first kappa shape index (κ1) is 64.2. The van der Waals surface area contributed by atoms with E-state index in [1.807, 2.05) is 0 Å². The summed E-state index contributed by atoms with van der Waals surface area (Å²) in [6, 6.07) is 0. The fourth-order valence-corrected chi connectivity index (χ4v) is 8.04. The number of ether oxygens (including phenoxy) is 7. The van der Waals surface area contributed by atoms with Gasteiger partial charge in [-0.2, -0.15) is 0 Å². The Kier molecular flexibility index (Phi) is 55.1. The van der Waals surface area contributed by atoms with Gasteiger partial charge in [0.25, 0.3) is 0 Å². The van der Waals surface area contributed by atoms with Crippen LogP contribution < -0.4 is 0 Å². The highest BCUT2D eigenvalue weighted by atomic mass is 16.8. The van der Waals surface area contributed by atoms with Crippen molar-refractivity contribution in [2.45, 2.75) is 311 Å². The molecule has 65 heavy (non-hydrogen) atoms. The third-order valence-corrected chi connectivity index (χ3v) is 12.1. The fraction of sp³-hybridized carbons (Fsp3) is 0.931. The van der Waals surface area contributed by atoms with Gasteiger partial charge in [0, 0.05) is 26.4 Å². The number of rotatable bonds is 56. The lowest BCUT2D eigenvalue weighted by atomic mass is 10.1. The van der Waals surface area contributed by atoms with Crippen LogP contribution in [0.25, 0.3) is 0 Å². The van der Waals surface area contributed by atoms with Crippen LogP contribution in [0.1, 0.15) is 286 Å². The van der Waals surface area contributed by atoms with Gasteiger partial charge in [0.1, 0.15) is 0 Å². The van der Waals surface area contributed by atoms with E-state index in [4.69, 9.17) is 33.2 Å². The average Bonchev–Trinajstić information content (AvgIpc) is 3.32. The van der Waals surface area contributed by atoms with E-state index in [2.05, 4.69) is 65.8 Å². The van der Waals surface area contributed by atoms with E-state index in [9.17, 15) is 0 Å².